The fraction of sp³-hybridized carbons (Fsp3) is 0.750. The van der Waals surface area contributed by atoms with E-state index in [0.717, 1.165) is 24.6 Å². The molecule has 0 aromatic carbocycles. The number of nitrogens with one attached hydrogen (secondary N) is 2. The molecule has 0 spiro atoms. The van der Waals surface area contributed by atoms with Crippen LogP contribution in [-0.4, -0.2) is 22.6 Å². The van der Waals surface area contributed by atoms with Gasteiger partial charge in [-0.15, -0.1) is 0 Å². The van der Waals surface area contributed by atoms with E-state index in [-0.39, 0.29) is 5.41 Å². The van der Waals surface area contributed by atoms with Crippen molar-refractivity contribution in [1.82, 2.24) is 9.97 Å². The van der Waals surface area contributed by atoms with E-state index in [4.69, 9.17) is 0 Å². The molecule has 0 radical (unpaired) electrons. The SMILES string of the molecule is CCCNc1ncnc(NC(C)C(C)(C)C)c1C(C)C. The molecule has 1 unspecified atom stereocenters. The van der Waals surface area contributed by atoms with Crippen LogP contribution >= 0.6 is 0 Å². The molecule has 1 aromatic heterocycles. The monoisotopic (exact) mass is 278 g/mol. The van der Waals surface area contributed by atoms with Crippen LogP contribution in [0.2, 0.25) is 0 Å². The summed E-state index contributed by atoms with van der Waals surface area (Å²) >= 11 is 0. The third kappa shape index (κ3) is 4.36. The summed E-state index contributed by atoms with van der Waals surface area (Å²) in [7, 11) is 0. The normalized spacial score (nSPS) is 13.4. The van der Waals surface area contributed by atoms with Gasteiger partial charge >= 0.3 is 0 Å². The summed E-state index contributed by atoms with van der Waals surface area (Å²) in [5.74, 6) is 2.29. The number of anilines is 2. The van der Waals surface area contributed by atoms with E-state index < -0.39 is 0 Å². The van der Waals surface area contributed by atoms with Crippen molar-refractivity contribution >= 4 is 11.6 Å². The topological polar surface area (TPSA) is 49.8 Å². The molecule has 1 atom stereocenters. The Morgan fingerprint density at radius 3 is 2.20 bits per heavy atom. The van der Waals surface area contributed by atoms with Crippen molar-refractivity contribution in [3.63, 3.8) is 0 Å². The zero-order valence-corrected chi connectivity index (χ0v) is 14.0. The van der Waals surface area contributed by atoms with Crippen molar-refractivity contribution in [1.29, 1.82) is 0 Å². The van der Waals surface area contributed by atoms with Gasteiger partial charge in [0.15, 0.2) is 0 Å². The van der Waals surface area contributed by atoms with Crippen LogP contribution in [0.15, 0.2) is 6.33 Å². The molecule has 114 valence electrons. The van der Waals surface area contributed by atoms with Gasteiger partial charge in [-0.05, 0) is 24.7 Å². The molecule has 0 aliphatic carbocycles. The van der Waals surface area contributed by atoms with Gasteiger partial charge in [-0.2, -0.15) is 0 Å². The summed E-state index contributed by atoms with van der Waals surface area (Å²) in [6, 6.07) is 0.342. The smallest absolute Gasteiger partial charge is 0.135 e. The fourth-order valence-electron chi connectivity index (χ4n) is 1.86. The van der Waals surface area contributed by atoms with E-state index in [1.165, 1.54) is 5.56 Å². The zero-order chi connectivity index (χ0) is 15.3. The highest BCUT2D eigenvalue weighted by molar-refractivity contribution is 5.59. The second-order valence-electron chi connectivity index (χ2n) is 6.80. The average Bonchev–Trinajstić information content (AvgIpc) is 2.34. The van der Waals surface area contributed by atoms with E-state index in [1.807, 2.05) is 0 Å². The van der Waals surface area contributed by atoms with Crippen LogP contribution in [0.3, 0.4) is 0 Å². The van der Waals surface area contributed by atoms with Crippen molar-refractivity contribution in [2.24, 2.45) is 5.41 Å². The molecular weight excluding hydrogens is 248 g/mol. The summed E-state index contributed by atoms with van der Waals surface area (Å²) in [4.78, 5) is 8.87. The second kappa shape index (κ2) is 6.91. The number of rotatable bonds is 6. The van der Waals surface area contributed by atoms with Gasteiger partial charge in [-0.3, -0.25) is 0 Å². The van der Waals surface area contributed by atoms with Crippen molar-refractivity contribution in [2.75, 3.05) is 17.2 Å². The summed E-state index contributed by atoms with van der Waals surface area (Å²) in [6.45, 7) is 16.4. The molecule has 0 amide bonds. The third-order valence-electron chi connectivity index (χ3n) is 3.66. The van der Waals surface area contributed by atoms with Gasteiger partial charge in [-0.1, -0.05) is 41.5 Å². The predicted octanol–water partition coefficient (Wildman–Crippen LogP) is 4.27. The summed E-state index contributed by atoms with van der Waals surface area (Å²) in [6.07, 6.45) is 2.73. The Hall–Kier alpha value is -1.32. The van der Waals surface area contributed by atoms with E-state index >= 15 is 0 Å². The Labute approximate surface area is 123 Å². The second-order valence-corrected chi connectivity index (χ2v) is 6.80. The predicted molar refractivity (Wildman–Crippen MR) is 87.4 cm³/mol. The Morgan fingerprint density at radius 1 is 1.10 bits per heavy atom. The molecule has 1 rings (SSSR count). The average molecular weight is 278 g/mol. The molecule has 4 nitrogen and oxygen atoms in total. The summed E-state index contributed by atoms with van der Waals surface area (Å²) < 4.78 is 0. The lowest BCUT2D eigenvalue weighted by molar-refractivity contribution is 0.358. The van der Waals surface area contributed by atoms with Crippen molar-refractivity contribution < 1.29 is 0 Å². The van der Waals surface area contributed by atoms with Crippen LogP contribution in [0.4, 0.5) is 11.6 Å². The van der Waals surface area contributed by atoms with E-state index in [2.05, 4.69) is 69.1 Å². The van der Waals surface area contributed by atoms with Crippen LogP contribution in [0.25, 0.3) is 0 Å². The first kappa shape index (κ1) is 16.7. The van der Waals surface area contributed by atoms with Crippen LogP contribution in [0.5, 0.6) is 0 Å². The lowest BCUT2D eigenvalue weighted by atomic mass is 9.88. The molecule has 2 N–H and O–H groups in total. The molecule has 0 aliphatic heterocycles. The van der Waals surface area contributed by atoms with Gasteiger partial charge in [0.1, 0.15) is 18.0 Å². The first-order chi connectivity index (χ1) is 9.27. The van der Waals surface area contributed by atoms with Crippen LogP contribution < -0.4 is 10.6 Å². The molecule has 0 aliphatic rings. The lowest BCUT2D eigenvalue weighted by Gasteiger charge is -2.30. The van der Waals surface area contributed by atoms with E-state index in [9.17, 15) is 0 Å². The van der Waals surface area contributed by atoms with Crippen LogP contribution in [0.1, 0.15) is 66.4 Å². The van der Waals surface area contributed by atoms with Gasteiger partial charge in [-0.25, -0.2) is 9.97 Å². The van der Waals surface area contributed by atoms with E-state index in [1.54, 1.807) is 6.33 Å². The van der Waals surface area contributed by atoms with Crippen molar-refractivity contribution in [2.45, 2.75) is 66.8 Å². The molecule has 4 heteroatoms. The van der Waals surface area contributed by atoms with Gasteiger partial charge in [0.05, 0.1) is 0 Å². The maximum Gasteiger partial charge on any atom is 0.135 e. The molecule has 0 saturated carbocycles. The van der Waals surface area contributed by atoms with Gasteiger partial charge in [0.2, 0.25) is 0 Å². The molecule has 0 bridgehead atoms. The molecule has 20 heavy (non-hydrogen) atoms. The number of hydrogen-bond donors (Lipinski definition) is 2. The number of aromatic nitrogens is 2. The Kier molecular flexibility index (Phi) is 5.78. The quantitative estimate of drug-likeness (QED) is 0.816. The maximum atomic E-state index is 4.46. The van der Waals surface area contributed by atoms with E-state index in [0.29, 0.717) is 12.0 Å². The first-order valence-electron chi connectivity index (χ1n) is 7.62. The number of hydrogen-bond acceptors (Lipinski definition) is 4. The first-order valence-corrected chi connectivity index (χ1v) is 7.62. The largest absolute Gasteiger partial charge is 0.370 e. The number of nitrogens with zero attached hydrogens (tertiary/aromatic N) is 2. The van der Waals surface area contributed by atoms with Gasteiger partial charge in [0.25, 0.3) is 0 Å². The maximum absolute atomic E-state index is 4.46. The Balaban J connectivity index is 3.06. The zero-order valence-electron chi connectivity index (χ0n) is 14.0. The van der Waals surface area contributed by atoms with Gasteiger partial charge < -0.3 is 10.6 Å². The highest BCUT2D eigenvalue weighted by Gasteiger charge is 2.23. The third-order valence-corrected chi connectivity index (χ3v) is 3.66. The highest BCUT2D eigenvalue weighted by Crippen LogP contribution is 2.31. The summed E-state index contributed by atoms with van der Waals surface area (Å²) in [5.41, 5.74) is 1.37. The fourth-order valence-corrected chi connectivity index (χ4v) is 1.86. The molecule has 1 aromatic rings. The Morgan fingerprint density at radius 2 is 1.70 bits per heavy atom. The van der Waals surface area contributed by atoms with Gasteiger partial charge in [0, 0.05) is 18.2 Å². The minimum atomic E-state index is 0.191. The molecule has 0 saturated heterocycles. The van der Waals surface area contributed by atoms with Crippen molar-refractivity contribution in [3.8, 4) is 0 Å². The highest BCUT2D eigenvalue weighted by atomic mass is 15.1. The lowest BCUT2D eigenvalue weighted by Crippen LogP contribution is -2.31. The molecule has 0 fully saturated rings. The minimum Gasteiger partial charge on any atom is -0.370 e. The van der Waals surface area contributed by atoms with Crippen LogP contribution in [-0.2, 0) is 0 Å². The summed E-state index contributed by atoms with van der Waals surface area (Å²) in [5, 5.41) is 6.96. The minimum absolute atomic E-state index is 0.191. The molecular formula is C16H30N4. The van der Waals surface area contributed by atoms with Crippen LogP contribution in [0, 0.1) is 5.41 Å². The molecule has 1 heterocycles. The standard InChI is InChI=1S/C16H30N4/c1-8-9-17-14-13(11(2)3)15(19-10-18-14)20-12(4)16(5,6)7/h10-12H,8-9H2,1-7H3,(H2,17,18,19,20). The van der Waals surface area contributed by atoms with Crippen molar-refractivity contribution in [3.05, 3.63) is 11.9 Å². The Bertz CT molecular complexity index is 421.